The van der Waals surface area contributed by atoms with Crippen molar-refractivity contribution in [3.8, 4) is 39.9 Å². The molecule has 9 aromatic carbocycles. The molecule has 0 bridgehead atoms. The summed E-state index contributed by atoms with van der Waals surface area (Å²) in [6.45, 7) is 0. The lowest BCUT2D eigenvalue weighted by molar-refractivity contribution is 0.954. The third-order valence-corrected chi connectivity index (χ3v) is 12.5. The minimum absolute atomic E-state index is 0.598. The number of para-hydroxylation sites is 2. The van der Waals surface area contributed by atoms with Crippen molar-refractivity contribution >= 4 is 85.6 Å². The fourth-order valence-corrected chi connectivity index (χ4v) is 10.0. The molecule has 0 N–H and O–H groups in total. The smallest absolute Gasteiger partial charge is 0.238 e. The van der Waals surface area contributed by atoms with Crippen molar-refractivity contribution in [2.75, 3.05) is 0 Å². The normalized spacial score (nSPS) is 11.9. The number of nitrogens with zero attached hydrogens (tertiary/aromatic N) is 4. The summed E-state index contributed by atoms with van der Waals surface area (Å²) < 4.78 is 4.57. The van der Waals surface area contributed by atoms with Crippen LogP contribution in [0.5, 0.6) is 0 Å². The average molecular weight is 731 g/mol. The van der Waals surface area contributed by atoms with Crippen molar-refractivity contribution in [3.05, 3.63) is 182 Å². The van der Waals surface area contributed by atoms with E-state index in [2.05, 4.69) is 168 Å². The molecule has 0 radical (unpaired) electrons. The largest absolute Gasteiger partial charge is 0.278 e. The molecule has 0 aliphatic carbocycles. The highest BCUT2D eigenvalue weighted by Crippen LogP contribution is 2.45. The number of fused-ring (bicyclic) bond motifs is 12. The molecule has 3 heterocycles. The van der Waals surface area contributed by atoms with Gasteiger partial charge in [-0.1, -0.05) is 152 Å². The second-order valence-electron chi connectivity index (χ2n) is 14.3. The monoisotopic (exact) mass is 730 g/mol. The van der Waals surface area contributed by atoms with Gasteiger partial charge < -0.3 is 0 Å². The van der Waals surface area contributed by atoms with Crippen molar-refractivity contribution in [1.29, 1.82) is 0 Å². The molecule has 260 valence electrons. The van der Waals surface area contributed by atoms with Gasteiger partial charge in [-0.15, -0.1) is 11.3 Å². The second kappa shape index (κ2) is 12.2. The van der Waals surface area contributed by atoms with Gasteiger partial charge in [0.1, 0.15) is 0 Å². The molecule has 0 aliphatic rings. The van der Waals surface area contributed by atoms with Gasteiger partial charge in [0.2, 0.25) is 5.95 Å². The number of hydrogen-bond acceptors (Lipinski definition) is 4. The topological polar surface area (TPSA) is 43.6 Å². The van der Waals surface area contributed by atoms with Gasteiger partial charge in [-0.3, -0.25) is 4.57 Å². The molecule has 56 heavy (non-hydrogen) atoms. The van der Waals surface area contributed by atoms with Crippen LogP contribution in [0.25, 0.3) is 114 Å². The Labute approximate surface area is 325 Å². The maximum absolute atomic E-state index is 5.31. The van der Waals surface area contributed by atoms with Crippen LogP contribution in [-0.2, 0) is 0 Å². The summed E-state index contributed by atoms with van der Waals surface area (Å²) in [6.07, 6.45) is 0. The Balaban J connectivity index is 1.10. The van der Waals surface area contributed by atoms with Crippen molar-refractivity contribution < 1.29 is 0 Å². The van der Waals surface area contributed by atoms with E-state index in [1.54, 1.807) is 11.3 Å². The average Bonchev–Trinajstić information content (AvgIpc) is 3.83. The molecule has 0 amide bonds. The minimum atomic E-state index is 0.598. The zero-order chi connectivity index (χ0) is 36.7. The Bertz CT molecular complexity index is 3460. The summed E-state index contributed by atoms with van der Waals surface area (Å²) in [6, 6.07) is 65.0. The summed E-state index contributed by atoms with van der Waals surface area (Å²) in [7, 11) is 0. The minimum Gasteiger partial charge on any atom is -0.278 e. The molecule has 0 unspecified atom stereocenters. The number of benzene rings is 9. The third kappa shape index (κ3) is 4.62. The molecular weight excluding hydrogens is 701 g/mol. The predicted octanol–water partition coefficient (Wildman–Crippen LogP) is 13.8. The fourth-order valence-electron chi connectivity index (χ4n) is 8.78. The van der Waals surface area contributed by atoms with Crippen molar-refractivity contribution in [3.63, 3.8) is 0 Å². The van der Waals surface area contributed by atoms with Gasteiger partial charge in [0.25, 0.3) is 0 Å². The van der Waals surface area contributed by atoms with E-state index in [1.165, 1.54) is 69.7 Å². The molecule has 3 aromatic heterocycles. The highest BCUT2D eigenvalue weighted by molar-refractivity contribution is 7.26. The molecule has 0 fully saturated rings. The van der Waals surface area contributed by atoms with Crippen LogP contribution in [-0.4, -0.2) is 19.5 Å². The number of thiophene rings is 1. The molecular formula is C51H30N4S. The summed E-state index contributed by atoms with van der Waals surface area (Å²) in [5.74, 6) is 1.89. The molecule has 0 aliphatic heterocycles. The first-order valence-corrected chi connectivity index (χ1v) is 19.7. The summed E-state index contributed by atoms with van der Waals surface area (Å²) in [4.78, 5) is 15.7. The van der Waals surface area contributed by atoms with Gasteiger partial charge in [-0.05, 0) is 73.8 Å². The van der Waals surface area contributed by atoms with E-state index in [0.29, 0.717) is 17.6 Å². The van der Waals surface area contributed by atoms with E-state index in [9.17, 15) is 0 Å². The van der Waals surface area contributed by atoms with Crippen LogP contribution >= 0.6 is 11.3 Å². The first-order valence-electron chi connectivity index (χ1n) is 18.9. The summed E-state index contributed by atoms with van der Waals surface area (Å²) >= 11 is 1.80. The number of aromatic nitrogens is 4. The van der Waals surface area contributed by atoms with Crippen molar-refractivity contribution in [1.82, 2.24) is 19.5 Å². The Morgan fingerprint density at radius 2 is 0.893 bits per heavy atom. The lowest BCUT2D eigenvalue weighted by Crippen LogP contribution is -2.06. The number of rotatable bonds is 4. The van der Waals surface area contributed by atoms with E-state index in [0.717, 1.165) is 26.9 Å². The van der Waals surface area contributed by atoms with E-state index >= 15 is 0 Å². The quantitative estimate of drug-likeness (QED) is 0.169. The van der Waals surface area contributed by atoms with E-state index in [-0.39, 0.29) is 0 Å². The third-order valence-electron chi connectivity index (χ3n) is 11.3. The van der Waals surface area contributed by atoms with Crippen molar-refractivity contribution in [2.24, 2.45) is 0 Å². The van der Waals surface area contributed by atoms with Crippen LogP contribution in [0.15, 0.2) is 182 Å². The molecule has 0 spiro atoms. The molecule has 4 nitrogen and oxygen atoms in total. The Kier molecular flexibility index (Phi) is 6.76. The maximum Gasteiger partial charge on any atom is 0.238 e. The Hall–Kier alpha value is -7.21. The molecule has 12 rings (SSSR count). The Morgan fingerprint density at radius 1 is 0.357 bits per heavy atom. The predicted molar refractivity (Wildman–Crippen MR) is 236 cm³/mol. The molecule has 5 heteroatoms. The highest BCUT2D eigenvalue weighted by atomic mass is 32.1. The first kappa shape index (κ1) is 31.2. The van der Waals surface area contributed by atoms with Crippen LogP contribution < -0.4 is 0 Å². The van der Waals surface area contributed by atoms with Crippen LogP contribution in [0.1, 0.15) is 0 Å². The summed E-state index contributed by atoms with van der Waals surface area (Å²) in [5, 5.41) is 12.4. The molecule has 0 saturated carbocycles. The zero-order valence-electron chi connectivity index (χ0n) is 30.0. The van der Waals surface area contributed by atoms with Gasteiger partial charge in [0.05, 0.1) is 11.0 Å². The van der Waals surface area contributed by atoms with Crippen LogP contribution in [0.3, 0.4) is 0 Å². The highest BCUT2D eigenvalue weighted by Gasteiger charge is 2.21. The van der Waals surface area contributed by atoms with Crippen LogP contribution in [0.2, 0.25) is 0 Å². The van der Waals surface area contributed by atoms with Crippen LogP contribution in [0, 0.1) is 0 Å². The van der Waals surface area contributed by atoms with Gasteiger partial charge >= 0.3 is 0 Å². The summed E-state index contributed by atoms with van der Waals surface area (Å²) in [5.41, 5.74) is 6.48. The van der Waals surface area contributed by atoms with Crippen molar-refractivity contribution in [2.45, 2.75) is 0 Å². The SMILES string of the molecule is c1ccc(-c2nc(-c3cccc4c3sc3cccc(-c5ccc6c7ccccc7c7ccccc7c6c5)c34)nc(-n3c4ccccc4c4ccccc43)n2)cc1. The number of hydrogen-bond donors (Lipinski definition) is 0. The van der Waals surface area contributed by atoms with Gasteiger partial charge in [-0.2, -0.15) is 9.97 Å². The molecule has 12 aromatic rings. The lowest BCUT2D eigenvalue weighted by Gasteiger charge is -2.13. The van der Waals surface area contributed by atoms with Gasteiger partial charge in [0, 0.05) is 42.1 Å². The molecule has 0 atom stereocenters. The van der Waals surface area contributed by atoms with Crippen LogP contribution in [0.4, 0.5) is 0 Å². The fraction of sp³-hybridized carbons (Fsp3) is 0. The van der Waals surface area contributed by atoms with E-state index < -0.39 is 0 Å². The van der Waals surface area contributed by atoms with Gasteiger partial charge in [-0.25, -0.2) is 4.98 Å². The maximum atomic E-state index is 5.31. The zero-order valence-corrected chi connectivity index (χ0v) is 30.8. The van der Waals surface area contributed by atoms with E-state index in [1.807, 2.05) is 18.2 Å². The van der Waals surface area contributed by atoms with E-state index in [4.69, 9.17) is 15.0 Å². The lowest BCUT2D eigenvalue weighted by atomic mass is 9.91. The second-order valence-corrected chi connectivity index (χ2v) is 15.4. The molecule has 0 saturated heterocycles. The Morgan fingerprint density at radius 3 is 1.59 bits per heavy atom. The van der Waals surface area contributed by atoms with Gasteiger partial charge in [0.15, 0.2) is 11.6 Å². The first-order chi connectivity index (χ1) is 27.8. The standard InChI is InChI=1S/C51H30N4S/c1-2-14-31(15-3-1)49-52-50(54-51(53-49)55-44-25-10-8-20-39(44)40-21-9-11-26-45(40)55)42-24-12-23-41-47-33(22-13-27-46(47)56-48(41)42)32-28-29-38-36-18-5-4-16-34(36)35-17-6-7-19-37(35)43(38)30-32/h1-30H.